The molecule has 2 rings (SSSR count). The summed E-state index contributed by atoms with van der Waals surface area (Å²) in [5, 5.41) is 0. The quantitative estimate of drug-likeness (QED) is 0.608. The van der Waals surface area contributed by atoms with Gasteiger partial charge in [0.1, 0.15) is 0 Å². The second kappa shape index (κ2) is 7.13. The lowest BCUT2D eigenvalue weighted by Crippen LogP contribution is -2.14. The Hall–Kier alpha value is -2.57. The van der Waals surface area contributed by atoms with Crippen molar-refractivity contribution >= 4 is 11.8 Å². The van der Waals surface area contributed by atoms with Gasteiger partial charge in [-0.15, -0.1) is 0 Å². The Bertz CT molecular complexity index is 789. The molecule has 0 saturated carbocycles. The molecule has 0 fully saturated rings. The smallest absolute Gasteiger partial charge is 0.416 e. The van der Waals surface area contributed by atoms with Crippen LogP contribution < -0.4 is 0 Å². The molecule has 0 N–H and O–H groups in total. The minimum absolute atomic E-state index is 0.0193. The number of alkyl halides is 3. The molecule has 0 bridgehead atoms. The van der Waals surface area contributed by atoms with E-state index in [-0.39, 0.29) is 18.6 Å². The predicted molar refractivity (Wildman–Crippen MR) is 85.4 cm³/mol. The first-order valence-corrected chi connectivity index (χ1v) is 7.68. The van der Waals surface area contributed by atoms with E-state index >= 15 is 0 Å². The van der Waals surface area contributed by atoms with Crippen LogP contribution in [-0.4, -0.2) is 22.9 Å². The third kappa shape index (κ3) is 4.10. The van der Waals surface area contributed by atoms with Crippen LogP contribution in [0.4, 0.5) is 13.2 Å². The zero-order valence-corrected chi connectivity index (χ0v) is 14.1. The van der Waals surface area contributed by atoms with E-state index in [1.54, 1.807) is 31.5 Å². The predicted octanol–water partition coefficient (Wildman–Crippen LogP) is 3.69. The van der Waals surface area contributed by atoms with Gasteiger partial charge in [0.05, 0.1) is 24.3 Å². The second-order valence-corrected chi connectivity index (χ2v) is 5.61. The van der Waals surface area contributed by atoms with Crippen LogP contribution in [0.1, 0.15) is 39.8 Å². The molecule has 0 unspecified atom stereocenters. The summed E-state index contributed by atoms with van der Waals surface area (Å²) in [6, 6.07) is 5.77. The summed E-state index contributed by atoms with van der Waals surface area (Å²) in [6.45, 7) is 3.68. The molecule has 0 atom stereocenters. The summed E-state index contributed by atoms with van der Waals surface area (Å²) in [4.78, 5) is 24.3. The van der Waals surface area contributed by atoms with Crippen LogP contribution in [0.25, 0.3) is 0 Å². The van der Waals surface area contributed by atoms with Crippen LogP contribution in [0, 0.1) is 6.92 Å². The van der Waals surface area contributed by atoms with Gasteiger partial charge in [0.25, 0.3) is 0 Å². The van der Waals surface area contributed by atoms with Crippen molar-refractivity contribution in [3.05, 3.63) is 58.4 Å². The van der Waals surface area contributed by atoms with E-state index in [4.69, 9.17) is 4.74 Å². The Morgan fingerprint density at radius 1 is 1.16 bits per heavy atom. The first kappa shape index (κ1) is 18.8. The molecule has 0 amide bonds. The van der Waals surface area contributed by atoms with Gasteiger partial charge in [0.2, 0.25) is 5.78 Å². The fourth-order valence-corrected chi connectivity index (χ4v) is 2.63. The van der Waals surface area contributed by atoms with Gasteiger partial charge >= 0.3 is 12.1 Å². The number of nitrogens with zero attached hydrogens (tertiary/aromatic N) is 1. The molecule has 134 valence electrons. The highest BCUT2D eigenvalue weighted by molar-refractivity contribution is 6.09. The summed E-state index contributed by atoms with van der Waals surface area (Å²) < 4.78 is 44.4. The van der Waals surface area contributed by atoms with E-state index in [9.17, 15) is 22.8 Å². The monoisotopic (exact) mass is 353 g/mol. The number of aryl methyl sites for hydroxylation is 1. The summed E-state index contributed by atoms with van der Waals surface area (Å²) in [5.74, 6) is -0.805. The van der Waals surface area contributed by atoms with Gasteiger partial charge in [0.15, 0.2) is 0 Å². The molecule has 4 nitrogen and oxygen atoms in total. The number of aromatic nitrogens is 1. The van der Waals surface area contributed by atoms with E-state index in [0.717, 1.165) is 24.3 Å². The molecule has 0 radical (unpaired) electrons. The number of ether oxygens (including phenoxy) is 1. The first-order valence-electron chi connectivity index (χ1n) is 7.68. The standard InChI is InChI=1S/C18H18F3NO3/c1-4-25-15(23)10-14-9-11(2)16(22(14)3)17(24)12-5-7-13(8-6-12)18(19,20)21/h5-9H,4,10H2,1-3H3. The molecule has 0 spiro atoms. The molecule has 1 heterocycles. The maximum absolute atomic E-state index is 12.7. The average Bonchev–Trinajstić information content (AvgIpc) is 2.80. The van der Waals surface area contributed by atoms with Crippen LogP contribution in [0.5, 0.6) is 0 Å². The lowest BCUT2D eigenvalue weighted by molar-refractivity contribution is -0.142. The molecule has 0 aliphatic rings. The lowest BCUT2D eigenvalue weighted by Gasteiger charge is -2.10. The van der Waals surface area contributed by atoms with Crippen molar-refractivity contribution in [2.75, 3.05) is 6.61 Å². The summed E-state index contributed by atoms with van der Waals surface area (Å²) in [7, 11) is 1.64. The molecule has 2 aromatic rings. The van der Waals surface area contributed by atoms with Gasteiger partial charge in [-0.3, -0.25) is 9.59 Å². The molecular weight excluding hydrogens is 335 g/mol. The maximum atomic E-state index is 12.7. The largest absolute Gasteiger partial charge is 0.466 e. The van der Waals surface area contributed by atoms with Crippen molar-refractivity contribution in [3.8, 4) is 0 Å². The van der Waals surface area contributed by atoms with E-state index in [1.807, 2.05) is 0 Å². The Labute approximate surface area is 143 Å². The van der Waals surface area contributed by atoms with Crippen molar-refractivity contribution in [2.45, 2.75) is 26.4 Å². The molecule has 1 aromatic carbocycles. The number of carbonyl (C=O) groups is 2. The highest BCUT2D eigenvalue weighted by Gasteiger charge is 2.30. The highest BCUT2D eigenvalue weighted by Crippen LogP contribution is 2.29. The maximum Gasteiger partial charge on any atom is 0.416 e. The number of hydrogen-bond donors (Lipinski definition) is 0. The van der Waals surface area contributed by atoms with E-state index in [2.05, 4.69) is 0 Å². The van der Waals surface area contributed by atoms with Gasteiger partial charge in [-0.25, -0.2) is 0 Å². The number of halogens is 3. The highest BCUT2D eigenvalue weighted by atomic mass is 19.4. The van der Waals surface area contributed by atoms with Gasteiger partial charge in [0, 0.05) is 18.3 Å². The van der Waals surface area contributed by atoms with Crippen LogP contribution >= 0.6 is 0 Å². The Morgan fingerprint density at radius 3 is 2.28 bits per heavy atom. The Kier molecular flexibility index (Phi) is 5.35. The fourth-order valence-electron chi connectivity index (χ4n) is 2.63. The average molecular weight is 353 g/mol. The molecule has 1 aromatic heterocycles. The van der Waals surface area contributed by atoms with Crippen molar-refractivity contribution < 1.29 is 27.5 Å². The van der Waals surface area contributed by atoms with Crippen LogP contribution in [0.3, 0.4) is 0 Å². The van der Waals surface area contributed by atoms with Gasteiger partial charge in [-0.1, -0.05) is 12.1 Å². The van der Waals surface area contributed by atoms with Crippen LogP contribution in [0.15, 0.2) is 30.3 Å². The number of hydrogen-bond acceptors (Lipinski definition) is 3. The summed E-state index contributed by atoms with van der Waals surface area (Å²) >= 11 is 0. The molecule has 0 aliphatic carbocycles. The van der Waals surface area contributed by atoms with E-state index < -0.39 is 23.5 Å². The Morgan fingerprint density at radius 2 is 1.76 bits per heavy atom. The van der Waals surface area contributed by atoms with E-state index in [0.29, 0.717) is 17.0 Å². The zero-order valence-electron chi connectivity index (χ0n) is 14.1. The minimum Gasteiger partial charge on any atom is -0.466 e. The van der Waals surface area contributed by atoms with Crippen molar-refractivity contribution in [3.63, 3.8) is 0 Å². The number of rotatable bonds is 5. The summed E-state index contributed by atoms with van der Waals surface area (Å²) in [5.41, 5.74) is 0.924. The van der Waals surface area contributed by atoms with Gasteiger partial charge in [-0.05, 0) is 37.6 Å². The SMILES string of the molecule is CCOC(=O)Cc1cc(C)c(C(=O)c2ccc(C(F)(F)F)cc2)n1C. The van der Waals surface area contributed by atoms with Gasteiger partial charge in [-0.2, -0.15) is 13.2 Å². The molecular formula is C18H18F3NO3. The number of ketones is 1. The normalized spacial score (nSPS) is 11.4. The van der Waals surface area contributed by atoms with Crippen molar-refractivity contribution in [1.82, 2.24) is 4.57 Å². The van der Waals surface area contributed by atoms with Crippen LogP contribution in [-0.2, 0) is 29.2 Å². The first-order chi connectivity index (χ1) is 11.6. The summed E-state index contributed by atoms with van der Waals surface area (Å²) in [6.07, 6.45) is -4.43. The van der Waals surface area contributed by atoms with Crippen molar-refractivity contribution in [1.29, 1.82) is 0 Å². The van der Waals surface area contributed by atoms with E-state index in [1.165, 1.54) is 0 Å². The molecule has 0 saturated heterocycles. The van der Waals surface area contributed by atoms with Gasteiger partial charge < -0.3 is 9.30 Å². The number of carbonyl (C=O) groups excluding carboxylic acids is 2. The number of benzene rings is 1. The lowest BCUT2D eigenvalue weighted by atomic mass is 10.0. The Balaban J connectivity index is 2.30. The molecule has 7 heteroatoms. The third-order valence-corrected chi connectivity index (χ3v) is 3.84. The third-order valence-electron chi connectivity index (χ3n) is 3.84. The molecule has 25 heavy (non-hydrogen) atoms. The minimum atomic E-state index is -4.45. The van der Waals surface area contributed by atoms with Crippen LogP contribution in [0.2, 0.25) is 0 Å². The topological polar surface area (TPSA) is 48.3 Å². The molecule has 0 aliphatic heterocycles. The second-order valence-electron chi connectivity index (χ2n) is 5.61. The fraction of sp³-hybridized carbons (Fsp3) is 0.333. The van der Waals surface area contributed by atoms with Crippen molar-refractivity contribution in [2.24, 2.45) is 7.05 Å². The zero-order chi connectivity index (χ0) is 18.8. The number of esters is 1.